The van der Waals surface area contributed by atoms with E-state index in [1.54, 1.807) is 11.0 Å². The number of nitrogens with zero attached hydrogens (tertiary/aromatic N) is 1. The number of hydrogen-bond donors (Lipinski definition) is 1. The van der Waals surface area contributed by atoms with E-state index in [2.05, 4.69) is 11.6 Å². The molecule has 1 aliphatic carbocycles. The lowest BCUT2D eigenvalue weighted by molar-refractivity contribution is -0.125. The van der Waals surface area contributed by atoms with E-state index in [9.17, 15) is 13.2 Å². The van der Waals surface area contributed by atoms with Crippen molar-refractivity contribution in [2.75, 3.05) is 19.3 Å². The summed E-state index contributed by atoms with van der Waals surface area (Å²) in [5.74, 6) is 2.75. The molecule has 126 valence electrons. The number of hydrogen-bond acceptors (Lipinski definition) is 4. The zero-order valence-electron chi connectivity index (χ0n) is 13.4. The molecule has 0 radical (unpaired) electrons. The van der Waals surface area contributed by atoms with Crippen molar-refractivity contribution in [3.63, 3.8) is 0 Å². The van der Waals surface area contributed by atoms with Crippen LogP contribution in [0.4, 0.5) is 0 Å². The van der Waals surface area contributed by atoms with Crippen LogP contribution in [0.25, 0.3) is 6.08 Å². The highest BCUT2D eigenvalue weighted by Gasteiger charge is 2.36. The summed E-state index contributed by atoms with van der Waals surface area (Å²) in [4.78, 5) is 13.8. The van der Waals surface area contributed by atoms with Gasteiger partial charge in [0.05, 0.1) is 6.26 Å². The van der Waals surface area contributed by atoms with Crippen LogP contribution in [-0.4, -0.2) is 44.6 Å². The number of sulfonamides is 1. The third-order valence-electron chi connectivity index (χ3n) is 4.39. The zero-order valence-corrected chi connectivity index (χ0v) is 14.2. The lowest BCUT2D eigenvalue weighted by atomic mass is 10.3. The van der Waals surface area contributed by atoms with Gasteiger partial charge in [-0.2, -0.15) is 0 Å². The molecule has 3 atom stereocenters. The van der Waals surface area contributed by atoms with Crippen LogP contribution in [0.15, 0.2) is 22.6 Å². The second kappa shape index (κ2) is 6.13. The summed E-state index contributed by atoms with van der Waals surface area (Å²) in [6, 6.07) is 3.65. The van der Waals surface area contributed by atoms with Gasteiger partial charge in [0, 0.05) is 31.1 Å². The normalized spacial score (nSPS) is 27.7. The first-order valence-electron chi connectivity index (χ1n) is 7.86. The standard InChI is InChI=1S/C16H22N2O4S/c1-11-9-14(11)15-5-3-13(22-15)4-6-16(19)18-8-7-12(10-18)17-23(2,20)21/h3-6,11-12,14,17H,7-10H2,1-2H3/b6-4+. The smallest absolute Gasteiger partial charge is 0.246 e. The Morgan fingerprint density at radius 3 is 2.83 bits per heavy atom. The topological polar surface area (TPSA) is 79.6 Å². The van der Waals surface area contributed by atoms with E-state index in [1.807, 2.05) is 12.1 Å². The highest BCUT2D eigenvalue weighted by Crippen LogP contribution is 2.47. The Hall–Kier alpha value is -1.60. The van der Waals surface area contributed by atoms with Gasteiger partial charge in [0.2, 0.25) is 15.9 Å². The lowest BCUT2D eigenvalue weighted by Gasteiger charge is -2.14. The second-order valence-corrected chi connectivity index (χ2v) is 8.33. The molecule has 1 aromatic rings. The van der Waals surface area contributed by atoms with Crippen LogP contribution >= 0.6 is 0 Å². The van der Waals surface area contributed by atoms with E-state index in [0.717, 1.165) is 18.4 Å². The summed E-state index contributed by atoms with van der Waals surface area (Å²) in [6.07, 6.45) is 6.10. The Morgan fingerprint density at radius 2 is 2.17 bits per heavy atom. The number of furan rings is 1. The Kier molecular flexibility index (Phi) is 4.33. The van der Waals surface area contributed by atoms with Gasteiger partial charge in [0.25, 0.3) is 0 Å². The van der Waals surface area contributed by atoms with Crippen LogP contribution in [0.5, 0.6) is 0 Å². The fourth-order valence-corrected chi connectivity index (χ4v) is 3.79. The van der Waals surface area contributed by atoms with Gasteiger partial charge in [-0.3, -0.25) is 4.79 Å². The molecule has 23 heavy (non-hydrogen) atoms. The number of rotatable bonds is 5. The molecule has 0 spiro atoms. The van der Waals surface area contributed by atoms with E-state index in [0.29, 0.717) is 37.1 Å². The molecule has 0 aromatic carbocycles. The van der Waals surface area contributed by atoms with Gasteiger partial charge in [0.1, 0.15) is 11.5 Å². The summed E-state index contributed by atoms with van der Waals surface area (Å²) in [5, 5.41) is 0. The Labute approximate surface area is 136 Å². The molecule has 1 aliphatic heterocycles. The fraction of sp³-hybridized carbons (Fsp3) is 0.562. The van der Waals surface area contributed by atoms with Gasteiger partial charge >= 0.3 is 0 Å². The molecular formula is C16H22N2O4S. The summed E-state index contributed by atoms with van der Waals surface area (Å²) in [5.41, 5.74) is 0. The molecule has 0 bridgehead atoms. The lowest BCUT2D eigenvalue weighted by Crippen LogP contribution is -2.37. The fourth-order valence-electron chi connectivity index (χ4n) is 2.99. The van der Waals surface area contributed by atoms with Gasteiger partial charge < -0.3 is 9.32 Å². The summed E-state index contributed by atoms with van der Waals surface area (Å²) >= 11 is 0. The minimum atomic E-state index is -3.24. The molecule has 1 saturated carbocycles. The van der Waals surface area contributed by atoms with Crippen molar-refractivity contribution < 1.29 is 17.6 Å². The zero-order chi connectivity index (χ0) is 16.6. The largest absolute Gasteiger partial charge is 0.461 e. The number of likely N-dealkylation sites (tertiary alicyclic amines) is 1. The van der Waals surface area contributed by atoms with Crippen LogP contribution in [0.3, 0.4) is 0 Å². The van der Waals surface area contributed by atoms with E-state index < -0.39 is 10.0 Å². The van der Waals surface area contributed by atoms with Crippen molar-refractivity contribution >= 4 is 22.0 Å². The monoisotopic (exact) mass is 338 g/mol. The first kappa shape index (κ1) is 16.3. The first-order valence-corrected chi connectivity index (χ1v) is 9.75. The summed E-state index contributed by atoms with van der Waals surface area (Å²) in [6.45, 7) is 3.15. The van der Waals surface area contributed by atoms with Gasteiger partial charge in [0.15, 0.2) is 0 Å². The molecule has 3 rings (SSSR count). The van der Waals surface area contributed by atoms with Crippen LogP contribution in [-0.2, 0) is 14.8 Å². The van der Waals surface area contributed by atoms with Crippen LogP contribution in [0.1, 0.15) is 37.2 Å². The number of carbonyl (C=O) groups is 1. The minimum absolute atomic E-state index is 0.124. The van der Waals surface area contributed by atoms with Crippen molar-refractivity contribution in [3.05, 3.63) is 29.7 Å². The average Bonchev–Trinajstić information content (AvgIpc) is 2.90. The predicted molar refractivity (Wildman–Crippen MR) is 87.2 cm³/mol. The Balaban J connectivity index is 1.54. The molecule has 2 fully saturated rings. The molecule has 3 unspecified atom stereocenters. The van der Waals surface area contributed by atoms with Crippen molar-refractivity contribution in [1.29, 1.82) is 0 Å². The molecule has 6 nitrogen and oxygen atoms in total. The third kappa shape index (κ3) is 4.23. The van der Waals surface area contributed by atoms with Crippen molar-refractivity contribution in [2.45, 2.75) is 31.7 Å². The second-order valence-electron chi connectivity index (χ2n) is 6.55. The number of amides is 1. The number of nitrogens with one attached hydrogen (secondary N) is 1. The average molecular weight is 338 g/mol. The van der Waals surface area contributed by atoms with Crippen LogP contribution in [0.2, 0.25) is 0 Å². The maximum absolute atomic E-state index is 12.2. The van der Waals surface area contributed by atoms with E-state index >= 15 is 0 Å². The molecule has 1 amide bonds. The molecule has 2 aliphatic rings. The minimum Gasteiger partial charge on any atom is -0.461 e. The van der Waals surface area contributed by atoms with Crippen molar-refractivity contribution in [1.82, 2.24) is 9.62 Å². The summed E-state index contributed by atoms with van der Waals surface area (Å²) < 4.78 is 30.7. The van der Waals surface area contributed by atoms with E-state index in [4.69, 9.17) is 4.42 Å². The van der Waals surface area contributed by atoms with Crippen molar-refractivity contribution in [3.8, 4) is 0 Å². The maximum Gasteiger partial charge on any atom is 0.246 e. The van der Waals surface area contributed by atoms with Crippen LogP contribution in [0, 0.1) is 5.92 Å². The maximum atomic E-state index is 12.2. The van der Waals surface area contributed by atoms with Crippen LogP contribution < -0.4 is 4.72 Å². The molecule has 1 N–H and O–H groups in total. The molecule has 2 heterocycles. The SMILES string of the molecule is CC1CC1c1ccc(/C=C/C(=O)N2CCC(NS(C)(=O)=O)C2)o1. The molecule has 1 aromatic heterocycles. The predicted octanol–water partition coefficient (Wildman–Crippen LogP) is 1.57. The summed E-state index contributed by atoms with van der Waals surface area (Å²) in [7, 11) is -3.24. The Bertz CT molecular complexity index is 722. The number of carbonyl (C=O) groups excluding carboxylic acids is 1. The highest BCUT2D eigenvalue weighted by atomic mass is 32.2. The molecule has 7 heteroatoms. The first-order chi connectivity index (χ1) is 10.8. The van der Waals surface area contributed by atoms with Gasteiger partial charge in [-0.05, 0) is 37.0 Å². The van der Waals surface area contributed by atoms with Gasteiger partial charge in [-0.25, -0.2) is 13.1 Å². The quantitative estimate of drug-likeness (QED) is 0.827. The molecular weight excluding hydrogens is 316 g/mol. The Morgan fingerprint density at radius 1 is 1.43 bits per heavy atom. The highest BCUT2D eigenvalue weighted by molar-refractivity contribution is 7.88. The van der Waals surface area contributed by atoms with Gasteiger partial charge in [-0.15, -0.1) is 0 Å². The van der Waals surface area contributed by atoms with Gasteiger partial charge in [-0.1, -0.05) is 6.92 Å². The van der Waals surface area contributed by atoms with Crippen molar-refractivity contribution in [2.24, 2.45) is 5.92 Å². The van der Waals surface area contributed by atoms with E-state index in [1.165, 1.54) is 6.08 Å². The molecule has 1 saturated heterocycles. The van der Waals surface area contributed by atoms with E-state index in [-0.39, 0.29) is 11.9 Å². The third-order valence-corrected chi connectivity index (χ3v) is 5.15.